The molecule has 2 aliphatic heterocycles. The lowest BCUT2D eigenvalue weighted by molar-refractivity contribution is 0.174. The number of nitrogens with two attached hydrogens (primary N) is 1. The van der Waals surface area contributed by atoms with Crippen molar-refractivity contribution in [2.75, 3.05) is 48.5 Å². The molecule has 3 heterocycles. The van der Waals surface area contributed by atoms with E-state index < -0.39 is 0 Å². The van der Waals surface area contributed by atoms with Gasteiger partial charge in [-0.2, -0.15) is 5.26 Å². The molecule has 8 heteroatoms. The summed E-state index contributed by atoms with van der Waals surface area (Å²) in [7, 11) is 0. The van der Waals surface area contributed by atoms with Crippen molar-refractivity contribution in [1.82, 2.24) is 4.57 Å². The number of rotatable bonds is 4. The maximum absolute atomic E-state index is 13.7. The number of nitrogens with zero attached hydrogens (tertiary/aromatic N) is 4. The summed E-state index contributed by atoms with van der Waals surface area (Å²) in [6.07, 6.45) is 0. The largest absolute Gasteiger partial charge is 0.454 e. The number of hydrogen-bond donors (Lipinski definition) is 1. The molecular formula is C23H22FN5O2. The van der Waals surface area contributed by atoms with Gasteiger partial charge >= 0.3 is 0 Å². The Hall–Kier alpha value is -3.86. The minimum Gasteiger partial charge on any atom is -0.454 e. The molecule has 1 saturated heterocycles. The van der Waals surface area contributed by atoms with Gasteiger partial charge in [0.15, 0.2) is 11.5 Å². The van der Waals surface area contributed by atoms with Crippen molar-refractivity contribution in [3.8, 4) is 17.6 Å². The number of benzene rings is 2. The summed E-state index contributed by atoms with van der Waals surface area (Å²) in [5.74, 6) is 2.06. The van der Waals surface area contributed by atoms with Gasteiger partial charge in [0, 0.05) is 37.9 Å². The number of nitrogen functional groups attached to an aromatic ring is 1. The molecule has 0 unspecified atom stereocenters. The number of hydrogen-bond acceptors (Lipinski definition) is 6. The van der Waals surface area contributed by atoms with E-state index >= 15 is 0 Å². The highest BCUT2D eigenvalue weighted by molar-refractivity contribution is 5.69. The fourth-order valence-electron chi connectivity index (χ4n) is 4.24. The second kappa shape index (κ2) is 7.76. The third-order valence-electron chi connectivity index (χ3n) is 5.74. The Morgan fingerprint density at radius 3 is 2.52 bits per heavy atom. The average Bonchev–Trinajstić information content (AvgIpc) is 3.37. The Labute approximate surface area is 179 Å². The van der Waals surface area contributed by atoms with Gasteiger partial charge in [-0.3, -0.25) is 0 Å². The van der Waals surface area contributed by atoms with Gasteiger partial charge in [0.05, 0.1) is 12.2 Å². The smallest absolute Gasteiger partial charge is 0.231 e. The van der Waals surface area contributed by atoms with Gasteiger partial charge in [-0.15, -0.1) is 0 Å². The van der Waals surface area contributed by atoms with Crippen LogP contribution in [0.3, 0.4) is 0 Å². The Bertz CT molecular complexity index is 1160. The summed E-state index contributed by atoms with van der Waals surface area (Å²) >= 11 is 0. The van der Waals surface area contributed by atoms with E-state index in [9.17, 15) is 9.65 Å². The molecule has 0 spiro atoms. The van der Waals surface area contributed by atoms with Gasteiger partial charge in [0.25, 0.3) is 0 Å². The van der Waals surface area contributed by atoms with Gasteiger partial charge in [-0.05, 0) is 35.9 Å². The van der Waals surface area contributed by atoms with Crippen LogP contribution in [0.2, 0.25) is 0 Å². The van der Waals surface area contributed by atoms with Crippen molar-refractivity contribution in [3.05, 3.63) is 65.6 Å². The lowest BCUT2D eigenvalue weighted by Crippen LogP contribution is -2.47. The summed E-state index contributed by atoms with van der Waals surface area (Å²) in [4.78, 5) is 4.48. The predicted molar refractivity (Wildman–Crippen MR) is 116 cm³/mol. The quantitative estimate of drug-likeness (QED) is 0.700. The first kappa shape index (κ1) is 19.1. The second-order valence-electron chi connectivity index (χ2n) is 7.65. The maximum Gasteiger partial charge on any atom is 0.231 e. The molecule has 0 atom stereocenters. The fourth-order valence-corrected chi connectivity index (χ4v) is 4.24. The zero-order chi connectivity index (χ0) is 21.4. The van der Waals surface area contributed by atoms with Crippen molar-refractivity contribution < 1.29 is 13.9 Å². The normalized spacial score (nSPS) is 15.2. The van der Waals surface area contributed by atoms with E-state index in [0.29, 0.717) is 17.9 Å². The highest BCUT2D eigenvalue weighted by atomic mass is 19.1. The standard InChI is InChI=1S/C23H22FN5O2/c24-17-3-1-2-16(10-17)14-29-19(13-25)11-20(26)23(29)28-8-6-27(7-9-28)18-4-5-21-22(12-18)31-15-30-21/h1-5,10-12H,6-9,14-15,26H2. The molecule has 158 valence electrons. The number of nitriles is 1. The molecule has 1 aromatic heterocycles. The van der Waals surface area contributed by atoms with E-state index in [1.165, 1.54) is 12.1 Å². The Kier molecular flexibility index (Phi) is 4.79. The molecule has 0 saturated carbocycles. The molecular weight excluding hydrogens is 397 g/mol. The molecule has 7 nitrogen and oxygen atoms in total. The van der Waals surface area contributed by atoms with E-state index in [2.05, 4.69) is 15.9 Å². The first-order chi connectivity index (χ1) is 15.1. The SMILES string of the molecule is N#Cc1cc(N)c(N2CCN(c3ccc4c(c3)OCO4)CC2)n1Cc1cccc(F)c1. The van der Waals surface area contributed by atoms with Crippen LogP contribution in [0, 0.1) is 17.1 Å². The Balaban J connectivity index is 1.36. The van der Waals surface area contributed by atoms with Crippen LogP contribution in [0.15, 0.2) is 48.5 Å². The molecule has 2 aliphatic rings. The Morgan fingerprint density at radius 1 is 0.968 bits per heavy atom. The minimum atomic E-state index is -0.296. The van der Waals surface area contributed by atoms with Crippen molar-refractivity contribution in [1.29, 1.82) is 5.26 Å². The maximum atomic E-state index is 13.7. The number of aromatic nitrogens is 1. The molecule has 0 aliphatic carbocycles. The van der Waals surface area contributed by atoms with Crippen LogP contribution in [0.25, 0.3) is 0 Å². The zero-order valence-electron chi connectivity index (χ0n) is 16.9. The van der Waals surface area contributed by atoms with Crippen LogP contribution in [-0.4, -0.2) is 37.5 Å². The van der Waals surface area contributed by atoms with Crippen LogP contribution in [-0.2, 0) is 6.54 Å². The molecule has 1 fully saturated rings. The first-order valence-corrected chi connectivity index (χ1v) is 10.2. The van der Waals surface area contributed by atoms with Crippen molar-refractivity contribution >= 4 is 17.2 Å². The van der Waals surface area contributed by atoms with Gasteiger partial charge in [-0.25, -0.2) is 4.39 Å². The van der Waals surface area contributed by atoms with E-state index in [1.807, 2.05) is 28.8 Å². The van der Waals surface area contributed by atoms with Gasteiger partial charge < -0.3 is 29.6 Å². The summed E-state index contributed by atoms with van der Waals surface area (Å²) in [5.41, 5.74) is 9.21. The van der Waals surface area contributed by atoms with Gasteiger partial charge in [-0.1, -0.05) is 12.1 Å². The third kappa shape index (κ3) is 3.59. The molecule has 0 amide bonds. The van der Waals surface area contributed by atoms with Gasteiger partial charge in [0.2, 0.25) is 6.79 Å². The van der Waals surface area contributed by atoms with E-state index in [1.54, 1.807) is 12.1 Å². The van der Waals surface area contributed by atoms with Crippen molar-refractivity contribution in [3.63, 3.8) is 0 Å². The molecule has 0 radical (unpaired) electrons. The summed E-state index contributed by atoms with van der Waals surface area (Å²) in [6.45, 7) is 3.73. The second-order valence-corrected chi connectivity index (χ2v) is 7.65. The lowest BCUT2D eigenvalue weighted by Gasteiger charge is -2.38. The molecule has 31 heavy (non-hydrogen) atoms. The highest BCUT2D eigenvalue weighted by Crippen LogP contribution is 2.36. The van der Waals surface area contributed by atoms with Crippen molar-refractivity contribution in [2.24, 2.45) is 0 Å². The van der Waals surface area contributed by atoms with Crippen molar-refractivity contribution in [2.45, 2.75) is 6.54 Å². The van der Waals surface area contributed by atoms with E-state index in [0.717, 1.165) is 54.7 Å². The minimum absolute atomic E-state index is 0.259. The number of anilines is 3. The van der Waals surface area contributed by atoms with Crippen LogP contribution >= 0.6 is 0 Å². The summed E-state index contributed by atoms with van der Waals surface area (Å²) in [6, 6.07) is 16.3. The summed E-state index contributed by atoms with van der Waals surface area (Å²) < 4.78 is 26.4. The fraction of sp³-hybridized carbons (Fsp3) is 0.261. The average molecular weight is 419 g/mol. The highest BCUT2D eigenvalue weighted by Gasteiger charge is 2.25. The van der Waals surface area contributed by atoms with E-state index in [-0.39, 0.29) is 12.6 Å². The lowest BCUT2D eigenvalue weighted by atomic mass is 10.2. The zero-order valence-corrected chi connectivity index (χ0v) is 16.9. The van der Waals surface area contributed by atoms with Crippen LogP contribution in [0.5, 0.6) is 11.5 Å². The molecule has 2 aromatic carbocycles. The molecule has 0 bridgehead atoms. The molecule has 2 N–H and O–H groups in total. The molecule has 5 rings (SSSR count). The number of fused-ring (bicyclic) bond motifs is 1. The Morgan fingerprint density at radius 2 is 1.74 bits per heavy atom. The van der Waals surface area contributed by atoms with Crippen LogP contribution in [0.4, 0.5) is 21.6 Å². The summed E-state index contributed by atoms with van der Waals surface area (Å²) in [5, 5.41) is 9.61. The number of piperazine rings is 1. The first-order valence-electron chi connectivity index (χ1n) is 10.2. The predicted octanol–water partition coefficient (Wildman–Crippen LogP) is 3.18. The van der Waals surface area contributed by atoms with Gasteiger partial charge in [0.1, 0.15) is 23.4 Å². The topological polar surface area (TPSA) is 79.7 Å². The number of halogens is 1. The van der Waals surface area contributed by atoms with Crippen LogP contribution in [0.1, 0.15) is 11.3 Å². The monoisotopic (exact) mass is 419 g/mol. The molecule has 3 aromatic rings. The van der Waals surface area contributed by atoms with E-state index in [4.69, 9.17) is 15.2 Å². The number of ether oxygens (including phenoxy) is 2. The van der Waals surface area contributed by atoms with Crippen LogP contribution < -0.4 is 25.0 Å². The third-order valence-corrected chi connectivity index (χ3v) is 5.74.